The van der Waals surface area contributed by atoms with Crippen molar-refractivity contribution in [3.05, 3.63) is 77.0 Å². The molecule has 2 aromatic rings. The number of benzene rings is 1. The number of allylic oxidation sites excluding steroid dienone is 2. The van der Waals surface area contributed by atoms with Crippen molar-refractivity contribution in [2.45, 2.75) is 33.1 Å². The summed E-state index contributed by atoms with van der Waals surface area (Å²) in [5.41, 5.74) is 3.49. The Kier molecular flexibility index (Phi) is 8.34. The van der Waals surface area contributed by atoms with Crippen LogP contribution in [0.3, 0.4) is 0 Å². The molecule has 1 atom stereocenters. The lowest BCUT2D eigenvalue weighted by atomic mass is 10.1. The van der Waals surface area contributed by atoms with Crippen LogP contribution in [0.2, 0.25) is 0 Å². The molecular weight excluding hydrogens is 352 g/mol. The van der Waals surface area contributed by atoms with E-state index in [1.165, 1.54) is 10.5 Å². The highest BCUT2D eigenvalue weighted by molar-refractivity contribution is 8.02. The summed E-state index contributed by atoms with van der Waals surface area (Å²) in [6.45, 7) is 8.14. The van der Waals surface area contributed by atoms with Crippen LogP contribution in [0.1, 0.15) is 48.3 Å². The highest BCUT2D eigenvalue weighted by Crippen LogP contribution is 2.26. The molecule has 0 aliphatic rings. The first-order valence-electron chi connectivity index (χ1n) is 9.30. The molecular formula is C23H28N2OS. The van der Waals surface area contributed by atoms with Gasteiger partial charge in [-0.3, -0.25) is 9.78 Å². The number of anilines is 1. The summed E-state index contributed by atoms with van der Waals surface area (Å²) < 4.78 is 0. The van der Waals surface area contributed by atoms with Crippen molar-refractivity contribution in [3.63, 3.8) is 0 Å². The van der Waals surface area contributed by atoms with E-state index in [1.54, 1.807) is 18.0 Å². The zero-order chi connectivity index (χ0) is 19.6. The second-order valence-corrected chi connectivity index (χ2v) is 7.43. The van der Waals surface area contributed by atoms with Crippen LogP contribution in [-0.2, 0) is 6.42 Å². The van der Waals surface area contributed by atoms with Crippen LogP contribution < -0.4 is 5.32 Å². The van der Waals surface area contributed by atoms with Crippen molar-refractivity contribution in [1.82, 2.24) is 4.98 Å². The molecule has 3 nitrogen and oxygen atoms in total. The third-order valence-corrected chi connectivity index (χ3v) is 5.32. The molecule has 0 aliphatic carbocycles. The molecule has 142 valence electrons. The van der Waals surface area contributed by atoms with Gasteiger partial charge in [-0.15, -0.1) is 18.3 Å². The Morgan fingerprint density at radius 2 is 2.00 bits per heavy atom. The van der Waals surface area contributed by atoms with Crippen LogP contribution in [0.4, 0.5) is 5.69 Å². The SMILES string of the molecule is C=CCC(C)/C(=C/c1ccc(C(=O)Nc2ccc(CCC)cc2)cn1)SC. The smallest absolute Gasteiger partial charge is 0.257 e. The summed E-state index contributed by atoms with van der Waals surface area (Å²) >= 11 is 1.72. The van der Waals surface area contributed by atoms with Crippen LogP contribution in [0, 0.1) is 5.92 Å². The van der Waals surface area contributed by atoms with Crippen LogP contribution in [0.15, 0.2) is 60.2 Å². The molecule has 0 fully saturated rings. The normalized spacial score (nSPS) is 12.5. The molecule has 1 aromatic carbocycles. The van der Waals surface area contributed by atoms with E-state index in [9.17, 15) is 4.79 Å². The topological polar surface area (TPSA) is 42.0 Å². The fourth-order valence-corrected chi connectivity index (χ4v) is 3.52. The van der Waals surface area contributed by atoms with E-state index >= 15 is 0 Å². The van der Waals surface area contributed by atoms with Crippen molar-refractivity contribution in [2.75, 3.05) is 11.6 Å². The molecule has 0 aliphatic heterocycles. The van der Waals surface area contributed by atoms with Gasteiger partial charge in [-0.2, -0.15) is 0 Å². The van der Waals surface area contributed by atoms with Crippen LogP contribution in [0.25, 0.3) is 6.08 Å². The van der Waals surface area contributed by atoms with E-state index in [-0.39, 0.29) is 5.91 Å². The predicted molar refractivity (Wildman–Crippen MR) is 118 cm³/mol. The number of aromatic nitrogens is 1. The lowest BCUT2D eigenvalue weighted by Gasteiger charge is -2.11. The molecule has 2 rings (SSSR count). The Labute approximate surface area is 167 Å². The third-order valence-electron chi connectivity index (χ3n) is 4.33. The van der Waals surface area contributed by atoms with E-state index in [0.29, 0.717) is 11.5 Å². The molecule has 1 aromatic heterocycles. The van der Waals surface area contributed by atoms with Crippen LogP contribution in [-0.4, -0.2) is 17.1 Å². The number of amides is 1. The van der Waals surface area contributed by atoms with Gasteiger partial charge in [-0.05, 0) is 65.8 Å². The quantitative estimate of drug-likeness (QED) is 0.526. The number of thioether (sulfide) groups is 1. The Bertz CT molecular complexity index is 779. The first-order chi connectivity index (χ1) is 13.1. The molecule has 27 heavy (non-hydrogen) atoms. The van der Waals surface area contributed by atoms with Crippen molar-refractivity contribution in [1.29, 1.82) is 0 Å². The van der Waals surface area contributed by atoms with Gasteiger partial charge in [-0.1, -0.05) is 38.5 Å². The van der Waals surface area contributed by atoms with E-state index in [2.05, 4.69) is 55.2 Å². The third kappa shape index (κ3) is 6.40. The van der Waals surface area contributed by atoms with E-state index in [4.69, 9.17) is 0 Å². The number of nitrogens with zero attached hydrogens (tertiary/aromatic N) is 1. The van der Waals surface area contributed by atoms with Gasteiger partial charge in [0.1, 0.15) is 0 Å². The first kappa shape index (κ1) is 21.0. The van der Waals surface area contributed by atoms with Crippen LogP contribution >= 0.6 is 11.8 Å². The molecule has 1 unspecified atom stereocenters. The highest BCUT2D eigenvalue weighted by atomic mass is 32.2. The maximum Gasteiger partial charge on any atom is 0.257 e. The highest BCUT2D eigenvalue weighted by Gasteiger charge is 2.09. The number of carbonyl (C=O) groups excluding carboxylic acids is 1. The second-order valence-electron chi connectivity index (χ2n) is 6.55. The van der Waals surface area contributed by atoms with Gasteiger partial charge in [0.2, 0.25) is 0 Å². The van der Waals surface area contributed by atoms with Gasteiger partial charge < -0.3 is 5.32 Å². The fraction of sp³-hybridized carbons (Fsp3) is 0.304. The van der Waals surface area contributed by atoms with Gasteiger partial charge in [0.25, 0.3) is 5.91 Å². The Hall–Kier alpha value is -2.33. The first-order valence-corrected chi connectivity index (χ1v) is 10.5. The van der Waals surface area contributed by atoms with Gasteiger partial charge in [-0.25, -0.2) is 0 Å². The molecule has 0 radical (unpaired) electrons. The summed E-state index contributed by atoms with van der Waals surface area (Å²) in [5.74, 6) is 0.268. The van der Waals surface area contributed by atoms with E-state index in [0.717, 1.165) is 30.6 Å². The van der Waals surface area contributed by atoms with Crippen molar-refractivity contribution in [3.8, 4) is 0 Å². The minimum atomic E-state index is -0.147. The number of nitrogens with one attached hydrogen (secondary N) is 1. The molecule has 0 saturated carbocycles. The van der Waals surface area contributed by atoms with Crippen LogP contribution in [0.5, 0.6) is 0 Å². The summed E-state index contributed by atoms with van der Waals surface area (Å²) in [6.07, 6.45) is 10.8. The molecule has 0 spiro atoms. The Balaban J connectivity index is 2.05. The fourth-order valence-electron chi connectivity index (χ4n) is 2.79. The molecule has 0 saturated heterocycles. The number of aryl methyl sites for hydroxylation is 1. The molecule has 1 amide bonds. The molecule has 1 heterocycles. The monoisotopic (exact) mass is 380 g/mol. The minimum Gasteiger partial charge on any atom is -0.322 e. The maximum atomic E-state index is 12.4. The summed E-state index contributed by atoms with van der Waals surface area (Å²) in [6, 6.07) is 11.7. The maximum absolute atomic E-state index is 12.4. The molecule has 1 N–H and O–H groups in total. The summed E-state index contributed by atoms with van der Waals surface area (Å²) in [5, 5.41) is 2.92. The number of carbonyl (C=O) groups is 1. The van der Waals surface area contributed by atoms with Gasteiger partial charge in [0, 0.05) is 11.9 Å². The zero-order valence-electron chi connectivity index (χ0n) is 16.4. The summed E-state index contributed by atoms with van der Waals surface area (Å²) in [4.78, 5) is 18.1. The standard InChI is InChI=1S/C23H28N2OS/c1-5-7-17(3)22(27-4)15-21-14-11-19(16-24-21)23(26)25-20-12-9-18(8-6-2)10-13-20/h5,9-17H,1,6-8H2,2-4H3,(H,25,26)/b22-15-. The Morgan fingerprint density at radius 1 is 1.26 bits per heavy atom. The van der Waals surface area contributed by atoms with E-state index < -0.39 is 0 Å². The Morgan fingerprint density at radius 3 is 2.56 bits per heavy atom. The number of hydrogen-bond donors (Lipinski definition) is 1. The lowest BCUT2D eigenvalue weighted by molar-refractivity contribution is 0.102. The van der Waals surface area contributed by atoms with E-state index in [1.807, 2.05) is 30.3 Å². The average Bonchev–Trinajstić information content (AvgIpc) is 2.68. The van der Waals surface area contributed by atoms with Crippen molar-refractivity contribution >= 4 is 29.4 Å². The van der Waals surface area contributed by atoms with Gasteiger partial charge >= 0.3 is 0 Å². The second kappa shape index (κ2) is 10.7. The zero-order valence-corrected chi connectivity index (χ0v) is 17.2. The minimum absolute atomic E-state index is 0.147. The number of rotatable bonds is 9. The number of hydrogen-bond acceptors (Lipinski definition) is 3. The molecule has 0 bridgehead atoms. The van der Waals surface area contributed by atoms with Gasteiger partial charge in [0.05, 0.1) is 11.3 Å². The van der Waals surface area contributed by atoms with Gasteiger partial charge in [0.15, 0.2) is 0 Å². The van der Waals surface area contributed by atoms with Crippen molar-refractivity contribution < 1.29 is 4.79 Å². The lowest BCUT2D eigenvalue weighted by Crippen LogP contribution is -2.12. The molecule has 4 heteroatoms. The predicted octanol–water partition coefficient (Wildman–Crippen LogP) is 6.20. The summed E-state index contributed by atoms with van der Waals surface area (Å²) in [7, 11) is 0. The average molecular weight is 381 g/mol. The number of pyridine rings is 1. The largest absolute Gasteiger partial charge is 0.322 e. The van der Waals surface area contributed by atoms with Crippen molar-refractivity contribution in [2.24, 2.45) is 5.92 Å².